The maximum absolute atomic E-state index is 11.3. The van der Waals surface area contributed by atoms with Gasteiger partial charge in [-0.3, -0.25) is 0 Å². The lowest BCUT2D eigenvalue weighted by molar-refractivity contribution is -0.874. The average molecular weight is 356 g/mol. The molecule has 148 valence electrons. The molecule has 0 aliphatic rings. The van der Waals surface area contributed by atoms with E-state index in [0.717, 1.165) is 19.3 Å². The van der Waals surface area contributed by atoms with Crippen LogP contribution in [0, 0.1) is 5.92 Å². The molecule has 2 unspecified atom stereocenters. The van der Waals surface area contributed by atoms with Crippen molar-refractivity contribution in [3.05, 3.63) is 12.2 Å². The number of aliphatic hydroxyl groups excluding tert-OH is 1. The van der Waals surface area contributed by atoms with Gasteiger partial charge in [-0.05, 0) is 25.7 Å². The highest BCUT2D eigenvalue weighted by atomic mass is 16.4. The summed E-state index contributed by atoms with van der Waals surface area (Å²) in [7, 11) is 5.86. The Hall–Kier alpha value is -0.870. The minimum absolute atomic E-state index is 0.435. The molecule has 2 atom stereocenters. The van der Waals surface area contributed by atoms with Crippen molar-refractivity contribution in [3.63, 3.8) is 0 Å². The number of unbranched alkanes of at least 4 members (excludes halogenated alkanes) is 8. The standard InChI is InChI=1S/C21H41NO3/c1-5-6-7-8-9-10-11-12-13-14-15-16-17-19(21(24)25)20(23)18-22(2,3)4/h8-9,19-20,23H,5-7,10-18H2,1-4H3/b9-8-. The summed E-state index contributed by atoms with van der Waals surface area (Å²) >= 11 is 0. The molecule has 4 nitrogen and oxygen atoms in total. The van der Waals surface area contributed by atoms with Crippen LogP contribution in [0.15, 0.2) is 12.2 Å². The molecule has 4 heteroatoms. The number of likely N-dealkylation sites (N-methyl/N-ethyl adjacent to an activating group) is 1. The van der Waals surface area contributed by atoms with Crippen molar-refractivity contribution in [1.29, 1.82) is 0 Å². The fraction of sp³-hybridized carbons (Fsp3) is 0.857. The van der Waals surface area contributed by atoms with Crippen molar-refractivity contribution < 1.29 is 19.5 Å². The van der Waals surface area contributed by atoms with Crippen molar-refractivity contribution in [2.45, 2.75) is 83.7 Å². The van der Waals surface area contributed by atoms with Crippen LogP contribution in [0.2, 0.25) is 0 Å². The Morgan fingerprint density at radius 3 is 2.00 bits per heavy atom. The van der Waals surface area contributed by atoms with E-state index >= 15 is 0 Å². The summed E-state index contributed by atoms with van der Waals surface area (Å²) in [6.07, 6.45) is 15.9. The van der Waals surface area contributed by atoms with Crippen LogP contribution in [0.5, 0.6) is 0 Å². The van der Waals surface area contributed by atoms with Gasteiger partial charge in [-0.2, -0.15) is 0 Å². The van der Waals surface area contributed by atoms with E-state index in [1.165, 1.54) is 44.9 Å². The summed E-state index contributed by atoms with van der Waals surface area (Å²) < 4.78 is 0.553. The van der Waals surface area contributed by atoms with Crippen LogP contribution in [-0.4, -0.2) is 49.4 Å². The number of rotatable bonds is 16. The van der Waals surface area contributed by atoms with Gasteiger partial charge in [-0.1, -0.05) is 64.0 Å². The van der Waals surface area contributed by atoms with Crippen LogP contribution >= 0.6 is 0 Å². The normalized spacial score (nSPS) is 14.8. The molecule has 0 heterocycles. The number of hydrogen-bond acceptors (Lipinski definition) is 3. The minimum Gasteiger partial charge on any atom is -0.550 e. The zero-order chi connectivity index (χ0) is 19.1. The van der Waals surface area contributed by atoms with Gasteiger partial charge in [-0.25, -0.2) is 0 Å². The third-order valence-electron chi connectivity index (χ3n) is 4.53. The number of hydrogen-bond donors (Lipinski definition) is 1. The van der Waals surface area contributed by atoms with Gasteiger partial charge in [-0.15, -0.1) is 0 Å². The van der Waals surface area contributed by atoms with Crippen LogP contribution < -0.4 is 5.11 Å². The fourth-order valence-corrected chi connectivity index (χ4v) is 3.05. The Morgan fingerprint density at radius 1 is 0.960 bits per heavy atom. The molecule has 0 aliphatic heterocycles. The van der Waals surface area contributed by atoms with Crippen LogP contribution in [0.3, 0.4) is 0 Å². The molecular weight excluding hydrogens is 314 g/mol. The molecule has 0 aromatic heterocycles. The first-order valence-electron chi connectivity index (χ1n) is 10.1. The lowest BCUT2D eigenvalue weighted by atomic mass is 9.94. The third-order valence-corrected chi connectivity index (χ3v) is 4.53. The van der Waals surface area contributed by atoms with Gasteiger partial charge in [0, 0.05) is 11.9 Å². The second kappa shape index (κ2) is 14.3. The van der Waals surface area contributed by atoms with Gasteiger partial charge in [0.15, 0.2) is 0 Å². The van der Waals surface area contributed by atoms with Gasteiger partial charge in [0.05, 0.1) is 21.1 Å². The first-order valence-corrected chi connectivity index (χ1v) is 10.1. The monoisotopic (exact) mass is 355 g/mol. The van der Waals surface area contributed by atoms with Crippen molar-refractivity contribution in [3.8, 4) is 0 Å². The molecule has 1 N–H and O–H groups in total. The summed E-state index contributed by atoms with van der Waals surface area (Å²) in [5.41, 5.74) is 0. The van der Waals surface area contributed by atoms with E-state index in [9.17, 15) is 15.0 Å². The maximum Gasteiger partial charge on any atom is 0.111 e. The molecule has 0 aromatic carbocycles. The number of carboxylic acid groups (broad SMARTS) is 1. The fourth-order valence-electron chi connectivity index (χ4n) is 3.05. The quantitative estimate of drug-likeness (QED) is 0.262. The number of carbonyl (C=O) groups is 1. The molecule has 0 aromatic rings. The van der Waals surface area contributed by atoms with Gasteiger partial charge in [0.25, 0.3) is 0 Å². The summed E-state index contributed by atoms with van der Waals surface area (Å²) in [5, 5.41) is 21.4. The molecule has 25 heavy (non-hydrogen) atoms. The molecule has 0 rings (SSSR count). The minimum atomic E-state index is -1.11. The summed E-state index contributed by atoms with van der Waals surface area (Å²) in [6.45, 7) is 2.65. The number of carbonyl (C=O) groups excluding carboxylic acids is 1. The van der Waals surface area contributed by atoms with Crippen molar-refractivity contribution >= 4 is 5.97 Å². The van der Waals surface area contributed by atoms with Gasteiger partial charge in [0.2, 0.25) is 0 Å². The lowest BCUT2D eigenvalue weighted by Crippen LogP contribution is -2.48. The highest BCUT2D eigenvalue weighted by Gasteiger charge is 2.25. The molecular formula is C21H41NO3. The van der Waals surface area contributed by atoms with Gasteiger partial charge in [0.1, 0.15) is 12.6 Å². The van der Waals surface area contributed by atoms with Crippen molar-refractivity contribution in [2.24, 2.45) is 5.92 Å². The SMILES string of the molecule is CCCC/C=C\CCCCCCCCC(C(=O)[O-])C(O)C[N+](C)(C)C. The summed E-state index contributed by atoms with van der Waals surface area (Å²) in [5.74, 6) is -1.86. The molecule has 0 fully saturated rings. The average Bonchev–Trinajstić information content (AvgIpc) is 2.49. The Kier molecular flexibility index (Phi) is 13.8. The zero-order valence-electron chi connectivity index (χ0n) is 17.0. The summed E-state index contributed by atoms with van der Waals surface area (Å²) in [6, 6.07) is 0. The van der Waals surface area contributed by atoms with Crippen LogP contribution in [0.1, 0.15) is 77.6 Å². The number of aliphatic hydroxyl groups is 1. The molecule has 0 amide bonds. The molecule has 0 spiro atoms. The largest absolute Gasteiger partial charge is 0.550 e. The van der Waals surface area contributed by atoms with Gasteiger partial charge < -0.3 is 19.5 Å². The lowest BCUT2D eigenvalue weighted by Gasteiger charge is -2.31. The van der Waals surface area contributed by atoms with Gasteiger partial charge >= 0.3 is 0 Å². The first-order chi connectivity index (χ1) is 11.8. The van der Waals surface area contributed by atoms with E-state index in [2.05, 4.69) is 19.1 Å². The Balaban J connectivity index is 3.73. The highest BCUT2D eigenvalue weighted by molar-refractivity contribution is 5.68. The Labute approximate surface area is 155 Å². The molecule has 0 aliphatic carbocycles. The van der Waals surface area contributed by atoms with E-state index in [-0.39, 0.29) is 0 Å². The highest BCUT2D eigenvalue weighted by Crippen LogP contribution is 2.17. The molecule has 0 radical (unpaired) electrons. The van der Waals surface area contributed by atoms with Crippen LogP contribution in [-0.2, 0) is 4.79 Å². The molecule has 0 bridgehead atoms. The van der Waals surface area contributed by atoms with E-state index < -0.39 is 18.0 Å². The zero-order valence-corrected chi connectivity index (χ0v) is 17.0. The number of quaternary nitrogens is 1. The van der Waals surface area contributed by atoms with E-state index in [1.54, 1.807) is 0 Å². The molecule has 0 saturated carbocycles. The topological polar surface area (TPSA) is 60.4 Å². The summed E-state index contributed by atoms with van der Waals surface area (Å²) in [4.78, 5) is 11.3. The number of aliphatic carboxylic acids is 1. The van der Waals surface area contributed by atoms with E-state index in [0.29, 0.717) is 17.4 Å². The second-order valence-corrected chi connectivity index (χ2v) is 8.28. The predicted octanol–water partition coefficient (Wildman–Crippen LogP) is 3.29. The Morgan fingerprint density at radius 2 is 1.48 bits per heavy atom. The van der Waals surface area contributed by atoms with Crippen LogP contribution in [0.25, 0.3) is 0 Å². The second-order valence-electron chi connectivity index (χ2n) is 8.28. The van der Waals surface area contributed by atoms with Crippen LogP contribution in [0.4, 0.5) is 0 Å². The van der Waals surface area contributed by atoms with E-state index in [1.807, 2.05) is 21.1 Å². The maximum atomic E-state index is 11.3. The number of allylic oxidation sites excluding steroid dienone is 2. The number of nitrogens with zero attached hydrogens (tertiary/aromatic N) is 1. The molecule has 0 saturated heterocycles. The third kappa shape index (κ3) is 15.1. The van der Waals surface area contributed by atoms with Crippen molar-refractivity contribution in [1.82, 2.24) is 0 Å². The smallest absolute Gasteiger partial charge is 0.111 e. The predicted molar refractivity (Wildman–Crippen MR) is 103 cm³/mol. The first kappa shape index (κ1) is 24.1. The van der Waals surface area contributed by atoms with E-state index in [4.69, 9.17) is 0 Å². The number of carboxylic acids is 1. The van der Waals surface area contributed by atoms with Crippen molar-refractivity contribution in [2.75, 3.05) is 27.7 Å². The Bertz CT molecular complexity index is 361.